The number of halogens is 3. The van der Waals surface area contributed by atoms with Crippen LogP contribution in [0, 0.1) is 0 Å². The highest BCUT2D eigenvalue weighted by Crippen LogP contribution is 2.23. The van der Waals surface area contributed by atoms with E-state index in [1.165, 1.54) is 6.92 Å². The lowest BCUT2D eigenvalue weighted by molar-refractivity contribution is -0.147. The summed E-state index contributed by atoms with van der Waals surface area (Å²) in [6.07, 6.45) is 0. The Morgan fingerprint density at radius 3 is 2.33 bits per heavy atom. The quantitative estimate of drug-likeness (QED) is 0.471. The molecule has 0 N–H and O–H groups in total. The Labute approximate surface area is 61.9 Å². The Bertz CT molecular complexity index is 110. The zero-order valence-electron chi connectivity index (χ0n) is 4.66. The van der Waals surface area contributed by atoms with Crippen molar-refractivity contribution in [3.63, 3.8) is 0 Å². The molecule has 2 nitrogen and oxygen atoms in total. The first-order valence-corrected chi connectivity index (χ1v) is 2.98. The van der Waals surface area contributed by atoms with Crippen LogP contribution >= 0.6 is 23.2 Å². The molecule has 54 valence electrons. The van der Waals surface area contributed by atoms with Crippen molar-refractivity contribution in [3.8, 4) is 0 Å². The summed E-state index contributed by atoms with van der Waals surface area (Å²) in [5.74, 6) is -1.27. The fourth-order valence-electron chi connectivity index (χ4n) is 0.213. The van der Waals surface area contributed by atoms with Gasteiger partial charge in [0, 0.05) is 0 Å². The summed E-state index contributed by atoms with van der Waals surface area (Å²) in [6.45, 7) is 1.58. The minimum absolute atomic E-state index is 0.0595. The minimum Gasteiger partial charge on any atom is -0.462 e. The third kappa shape index (κ3) is 3.54. The zero-order valence-corrected chi connectivity index (χ0v) is 6.17. The van der Waals surface area contributed by atoms with E-state index >= 15 is 0 Å². The average Bonchev–Trinajstić information content (AvgIpc) is 1.64. The highest BCUT2D eigenvalue weighted by atomic mass is 35.5. The van der Waals surface area contributed by atoms with Gasteiger partial charge in [0.25, 0.3) is 0 Å². The van der Waals surface area contributed by atoms with E-state index in [1.54, 1.807) is 0 Å². The van der Waals surface area contributed by atoms with Crippen LogP contribution in [0.2, 0.25) is 0 Å². The van der Waals surface area contributed by atoms with Gasteiger partial charge < -0.3 is 4.74 Å². The minimum atomic E-state index is -2.91. The Morgan fingerprint density at radius 1 is 1.78 bits per heavy atom. The maximum absolute atomic E-state index is 12.0. The van der Waals surface area contributed by atoms with Gasteiger partial charge in [-0.2, -0.15) is 4.39 Å². The van der Waals surface area contributed by atoms with Crippen LogP contribution in [0.3, 0.4) is 0 Å². The van der Waals surface area contributed by atoms with Crippen LogP contribution in [0.15, 0.2) is 0 Å². The predicted octanol–water partition coefficient (Wildman–Crippen LogP) is 1.65. The average molecular weight is 175 g/mol. The first-order chi connectivity index (χ1) is 3.98. The molecule has 0 aromatic carbocycles. The normalized spacial score (nSPS) is 11.1. The fraction of sp³-hybridized carbons (Fsp3) is 0.750. The van der Waals surface area contributed by atoms with E-state index in [0.717, 1.165) is 0 Å². The van der Waals surface area contributed by atoms with Gasteiger partial charge in [0.15, 0.2) is 0 Å². The molecule has 0 unspecified atom stereocenters. The van der Waals surface area contributed by atoms with E-state index in [0.29, 0.717) is 0 Å². The summed E-state index contributed by atoms with van der Waals surface area (Å²) in [7, 11) is 0. The lowest BCUT2D eigenvalue weighted by Gasteiger charge is -2.05. The van der Waals surface area contributed by atoms with Crippen LogP contribution < -0.4 is 0 Å². The molecule has 0 heterocycles. The molecular formula is C4H5Cl2FO2. The maximum Gasteiger partial charge on any atom is 0.376 e. The van der Waals surface area contributed by atoms with E-state index in [1.807, 2.05) is 0 Å². The van der Waals surface area contributed by atoms with Gasteiger partial charge in [0.2, 0.25) is 0 Å². The molecule has 0 aromatic rings. The molecule has 0 aromatic heterocycles. The summed E-state index contributed by atoms with van der Waals surface area (Å²) in [5, 5.41) is 0. The van der Waals surface area contributed by atoms with E-state index < -0.39 is 10.6 Å². The third-order valence-corrected chi connectivity index (χ3v) is 0.815. The van der Waals surface area contributed by atoms with Gasteiger partial charge >= 0.3 is 10.6 Å². The molecular weight excluding hydrogens is 170 g/mol. The first kappa shape index (κ1) is 8.98. The van der Waals surface area contributed by atoms with Gasteiger partial charge in [-0.05, 0) is 6.92 Å². The highest BCUT2D eigenvalue weighted by molar-refractivity contribution is 6.56. The van der Waals surface area contributed by atoms with Crippen LogP contribution in [0.5, 0.6) is 0 Å². The third-order valence-electron chi connectivity index (χ3n) is 0.507. The first-order valence-electron chi connectivity index (χ1n) is 2.22. The molecule has 0 amide bonds. The van der Waals surface area contributed by atoms with Crippen molar-refractivity contribution >= 4 is 29.2 Å². The van der Waals surface area contributed by atoms with E-state index in [4.69, 9.17) is 0 Å². The van der Waals surface area contributed by atoms with E-state index in [2.05, 4.69) is 27.9 Å². The molecule has 0 aliphatic carbocycles. The summed E-state index contributed by atoms with van der Waals surface area (Å²) in [5.41, 5.74) is 0. The van der Waals surface area contributed by atoms with Crippen molar-refractivity contribution < 1.29 is 13.9 Å². The summed E-state index contributed by atoms with van der Waals surface area (Å²) in [4.78, 5) is 10.2. The number of rotatable bonds is 2. The summed E-state index contributed by atoms with van der Waals surface area (Å²) in [6, 6.07) is 0. The topological polar surface area (TPSA) is 26.3 Å². The second-order valence-electron chi connectivity index (χ2n) is 1.22. The Balaban J connectivity index is 3.74. The van der Waals surface area contributed by atoms with Gasteiger partial charge in [-0.1, -0.05) is 23.2 Å². The zero-order chi connectivity index (χ0) is 7.49. The predicted molar refractivity (Wildman–Crippen MR) is 32.2 cm³/mol. The van der Waals surface area contributed by atoms with Crippen molar-refractivity contribution in [2.45, 2.75) is 11.5 Å². The van der Waals surface area contributed by atoms with Crippen LogP contribution in [-0.4, -0.2) is 17.2 Å². The number of alkyl halides is 3. The monoisotopic (exact) mass is 174 g/mol. The van der Waals surface area contributed by atoms with Crippen LogP contribution in [0.4, 0.5) is 4.39 Å². The Kier molecular flexibility index (Phi) is 3.22. The molecule has 0 radical (unpaired) electrons. The van der Waals surface area contributed by atoms with Crippen molar-refractivity contribution in [2.75, 3.05) is 6.61 Å². The lowest BCUT2D eigenvalue weighted by Crippen LogP contribution is -2.22. The Hall–Kier alpha value is -0.0200. The van der Waals surface area contributed by atoms with Gasteiger partial charge in [0.1, 0.15) is 0 Å². The summed E-state index contributed by atoms with van der Waals surface area (Å²) < 4.78 is 13.2. The molecule has 0 fully saturated rings. The van der Waals surface area contributed by atoms with Crippen LogP contribution in [-0.2, 0) is 9.53 Å². The number of hydrogen-bond acceptors (Lipinski definition) is 2. The van der Waals surface area contributed by atoms with Gasteiger partial charge in [-0.25, -0.2) is 4.79 Å². The molecule has 0 aliphatic rings. The van der Waals surface area contributed by atoms with E-state index in [-0.39, 0.29) is 6.61 Å². The standard InChI is InChI=1S/C4H5Cl2FO2/c1-2-9-3(8)4(5,6)7/h2H2,1H3. The highest BCUT2D eigenvalue weighted by Gasteiger charge is 2.34. The number of carbonyl (C=O) groups excluding carboxylic acids is 1. The molecule has 9 heavy (non-hydrogen) atoms. The smallest absolute Gasteiger partial charge is 0.376 e. The van der Waals surface area contributed by atoms with Crippen molar-refractivity contribution in [1.29, 1.82) is 0 Å². The van der Waals surface area contributed by atoms with Crippen LogP contribution in [0.25, 0.3) is 0 Å². The van der Waals surface area contributed by atoms with Gasteiger partial charge in [-0.3, -0.25) is 0 Å². The van der Waals surface area contributed by atoms with E-state index in [9.17, 15) is 9.18 Å². The molecule has 5 heteroatoms. The SMILES string of the molecule is CCOC(=O)C(F)(Cl)Cl. The number of carbonyl (C=O) groups is 1. The maximum atomic E-state index is 12.0. The van der Waals surface area contributed by atoms with Crippen LogP contribution in [0.1, 0.15) is 6.92 Å². The number of hydrogen-bond donors (Lipinski definition) is 0. The molecule has 0 rings (SSSR count). The van der Waals surface area contributed by atoms with Crippen molar-refractivity contribution in [3.05, 3.63) is 0 Å². The second-order valence-corrected chi connectivity index (χ2v) is 2.45. The second kappa shape index (κ2) is 3.22. The fourth-order valence-corrected chi connectivity index (χ4v) is 0.322. The van der Waals surface area contributed by atoms with Crippen molar-refractivity contribution in [2.24, 2.45) is 0 Å². The number of ether oxygens (including phenoxy) is 1. The van der Waals surface area contributed by atoms with Gasteiger partial charge in [0.05, 0.1) is 6.61 Å². The van der Waals surface area contributed by atoms with Crippen molar-refractivity contribution in [1.82, 2.24) is 0 Å². The molecule has 0 aliphatic heterocycles. The molecule has 0 saturated carbocycles. The number of esters is 1. The molecule has 0 atom stereocenters. The molecule has 0 bridgehead atoms. The molecule has 0 saturated heterocycles. The molecule has 0 spiro atoms. The van der Waals surface area contributed by atoms with Gasteiger partial charge in [-0.15, -0.1) is 0 Å². The summed E-state index contributed by atoms with van der Waals surface area (Å²) >= 11 is 9.37. The largest absolute Gasteiger partial charge is 0.462 e. The lowest BCUT2D eigenvalue weighted by atomic mass is 10.7. The Morgan fingerprint density at radius 2 is 2.22 bits per heavy atom.